The number of hydrogen-bond acceptors (Lipinski definition) is 4. The van der Waals surface area contributed by atoms with Gasteiger partial charge in [0, 0.05) is 31.7 Å². The van der Waals surface area contributed by atoms with Gasteiger partial charge in [-0.3, -0.25) is 0 Å². The van der Waals surface area contributed by atoms with Gasteiger partial charge in [-0.25, -0.2) is 18.4 Å². The first-order chi connectivity index (χ1) is 9.48. The molecule has 1 unspecified atom stereocenters. The lowest BCUT2D eigenvalue weighted by Crippen LogP contribution is -2.31. The Balaban J connectivity index is 1.96. The van der Waals surface area contributed by atoms with E-state index in [1.165, 1.54) is 16.8 Å². The molecule has 0 spiro atoms. The summed E-state index contributed by atoms with van der Waals surface area (Å²) in [4.78, 5) is 11.4. The molecule has 0 aromatic carbocycles. The molecule has 1 atom stereocenters. The molecule has 2 aromatic heterocycles. The normalized spacial score (nSPS) is 20.6. The lowest BCUT2D eigenvalue weighted by Gasteiger charge is -2.21. The van der Waals surface area contributed by atoms with Gasteiger partial charge >= 0.3 is 0 Å². The standard InChI is InChI=1S/C12H17N5O2S/c1-9-6-13-12(15-9)10-4-3-5-17(10)20(18,19)11-7-16(2)8-14-11/h6-8,10H,3-5H2,1-2H3,(H,13,15). The first kappa shape index (κ1) is 13.3. The summed E-state index contributed by atoms with van der Waals surface area (Å²) in [5.41, 5.74) is 0.932. The molecule has 1 aliphatic rings. The molecular formula is C12H17N5O2S. The van der Waals surface area contributed by atoms with Gasteiger partial charge in [0.05, 0.1) is 12.4 Å². The van der Waals surface area contributed by atoms with Crippen LogP contribution in [0.1, 0.15) is 30.4 Å². The lowest BCUT2D eigenvalue weighted by atomic mass is 10.2. The van der Waals surface area contributed by atoms with Gasteiger partial charge in [-0.05, 0) is 19.8 Å². The number of aromatic nitrogens is 4. The average molecular weight is 295 g/mol. The van der Waals surface area contributed by atoms with Crippen LogP contribution in [0.5, 0.6) is 0 Å². The fourth-order valence-corrected chi connectivity index (χ4v) is 4.18. The molecule has 0 radical (unpaired) electrons. The Morgan fingerprint density at radius 1 is 1.40 bits per heavy atom. The molecule has 1 fully saturated rings. The molecular weight excluding hydrogens is 278 g/mol. The highest BCUT2D eigenvalue weighted by Crippen LogP contribution is 2.34. The molecule has 7 nitrogen and oxygen atoms in total. The van der Waals surface area contributed by atoms with Crippen LogP contribution in [0.4, 0.5) is 0 Å². The minimum Gasteiger partial charge on any atom is -0.345 e. The zero-order chi connectivity index (χ0) is 14.3. The molecule has 108 valence electrons. The van der Waals surface area contributed by atoms with Crippen LogP contribution in [0.3, 0.4) is 0 Å². The van der Waals surface area contributed by atoms with Gasteiger partial charge in [0.1, 0.15) is 5.82 Å². The van der Waals surface area contributed by atoms with Crippen LogP contribution in [0.25, 0.3) is 0 Å². The number of rotatable bonds is 3. The van der Waals surface area contributed by atoms with E-state index >= 15 is 0 Å². The van der Waals surface area contributed by atoms with Crippen molar-refractivity contribution in [2.45, 2.75) is 30.8 Å². The van der Waals surface area contributed by atoms with Gasteiger partial charge < -0.3 is 9.55 Å². The average Bonchev–Trinajstić information content (AvgIpc) is 3.07. The van der Waals surface area contributed by atoms with E-state index in [1.807, 2.05) is 6.92 Å². The van der Waals surface area contributed by atoms with Crippen molar-refractivity contribution in [1.29, 1.82) is 0 Å². The van der Waals surface area contributed by atoms with E-state index < -0.39 is 10.0 Å². The summed E-state index contributed by atoms with van der Waals surface area (Å²) in [7, 11) is -1.81. The second kappa shape index (κ2) is 4.71. The number of sulfonamides is 1. The van der Waals surface area contributed by atoms with Crippen LogP contribution < -0.4 is 0 Å². The van der Waals surface area contributed by atoms with Crippen molar-refractivity contribution in [2.75, 3.05) is 6.54 Å². The molecule has 3 heterocycles. The van der Waals surface area contributed by atoms with Gasteiger partial charge in [-0.2, -0.15) is 4.31 Å². The maximum absolute atomic E-state index is 12.6. The Hall–Kier alpha value is -1.67. The number of aryl methyl sites for hydroxylation is 2. The monoisotopic (exact) mass is 295 g/mol. The van der Waals surface area contributed by atoms with E-state index in [0.29, 0.717) is 12.4 Å². The third-order valence-corrected chi connectivity index (χ3v) is 5.29. The van der Waals surface area contributed by atoms with E-state index in [1.54, 1.807) is 17.8 Å². The van der Waals surface area contributed by atoms with E-state index in [0.717, 1.165) is 18.5 Å². The van der Waals surface area contributed by atoms with E-state index in [2.05, 4.69) is 15.0 Å². The summed E-state index contributed by atoms with van der Waals surface area (Å²) in [6.45, 7) is 2.41. The zero-order valence-electron chi connectivity index (χ0n) is 11.4. The molecule has 0 bridgehead atoms. The molecule has 1 N–H and O–H groups in total. The van der Waals surface area contributed by atoms with Crippen molar-refractivity contribution in [3.05, 3.63) is 30.2 Å². The van der Waals surface area contributed by atoms with Gasteiger partial charge in [-0.15, -0.1) is 0 Å². The van der Waals surface area contributed by atoms with Crippen molar-refractivity contribution < 1.29 is 8.42 Å². The van der Waals surface area contributed by atoms with Gasteiger partial charge in [0.15, 0.2) is 5.03 Å². The molecule has 3 rings (SSSR count). The third kappa shape index (κ3) is 2.14. The summed E-state index contributed by atoms with van der Waals surface area (Å²) >= 11 is 0. The quantitative estimate of drug-likeness (QED) is 0.914. The molecule has 1 saturated heterocycles. The third-order valence-electron chi connectivity index (χ3n) is 3.50. The number of H-pyrrole nitrogens is 1. The summed E-state index contributed by atoms with van der Waals surface area (Å²) in [5, 5.41) is 0.0928. The number of imidazole rings is 2. The van der Waals surface area contributed by atoms with Crippen LogP contribution >= 0.6 is 0 Å². The van der Waals surface area contributed by atoms with E-state index in [4.69, 9.17) is 0 Å². The second-order valence-corrected chi connectivity index (χ2v) is 6.94. The summed E-state index contributed by atoms with van der Waals surface area (Å²) < 4.78 is 28.4. The van der Waals surface area contributed by atoms with Gasteiger partial charge in [-0.1, -0.05) is 0 Å². The number of aromatic amines is 1. The maximum atomic E-state index is 12.6. The number of nitrogens with one attached hydrogen (secondary N) is 1. The Morgan fingerprint density at radius 3 is 2.80 bits per heavy atom. The van der Waals surface area contributed by atoms with E-state index in [9.17, 15) is 8.42 Å². The maximum Gasteiger partial charge on any atom is 0.262 e. The van der Waals surface area contributed by atoms with Crippen LogP contribution in [0.2, 0.25) is 0 Å². The highest BCUT2D eigenvalue weighted by Gasteiger charge is 2.38. The first-order valence-electron chi connectivity index (χ1n) is 6.50. The second-order valence-electron chi connectivity index (χ2n) is 5.10. The van der Waals surface area contributed by atoms with Crippen LogP contribution in [-0.4, -0.2) is 38.8 Å². The van der Waals surface area contributed by atoms with Crippen molar-refractivity contribution in [3.63, 3.8) is 0 Å². The Labute approximate surface area is 117 Å². The largest absolute Gasteiger partial charge is 0.345 e. The fraction of sp³-hybridized carbons (Fsp3) is 0.500. The summed E-state index contributed by atoms with van der Waals surface area (Å²) in [6, 6.07) is -0.226. The fourth-order valence-electron chi connectivity index (χ4n) is 2.55. The molecule has 0 aliphatic carbocycles. The predicted octanol–water partition coefficient (Wildman–Crippen LogP) is 0.977. The Morgan fingerprint density at radius 2 is 2.20 bits per heavy atom. The molecule has 8 heteroatoms. The zero-order valence-corrected chi connectivity index (χ0v) is 12.3. The number of hydrogen-bond donors (Lipinski definition) is 1. The van der Waals surface area contributed by atoms with Crippen molar-refractivity contribution in [3.8, 4) is 0 Å². The predicted molar refractivity (Wildman–Crippen MR) is 72.4 cm³/mol. The van der Waals surface area contributed by atoms with Crippen molar-refractivity contribution in [2.24, 2.45) is 7.05 Å². The Kier molecular flexibility index (Phi) is 3.14. The molecule has 20 heavy (non-hydrogen) atoms. The molecule has 0 amide bonds. The molecule has 0 saturated carbocycles. The summed E-state index contributed by atoms with van der Waals surface area (Å²) in [6.07, 6.45) is 6.35. The molecule has 1 aliphatic heterocycles. The van der Waals surface area contributed by atoms with E-state index in [-0.39, 0.29) is 11.1 Å². The van der Waals surface area contributed by atoms with Gasteiger partial charge in [0.2, 0.25) is 0 Å². The van der Waals surface area contributed by atoms with Crippen molar-refractivity contribution in [1.82, 2.24) is 23.8 Å². The SMILES string of the molecule is Cc1cnc(C2CCCN2S(=O)(=O)c2cn(C)cn2)[nH]1. The van der Waals surface area contributed by atoms with Crippen LogP contribution in [0.15, 0.2) is 23.7 Å². The number of nitrogens with zero attached hydrogens (tertiary/aromatic N) is 4. The highest BCUT2D eigenvalue weighted by molar-refractivity contribution is 7.89. The first-order valence-corrected chi connectivity index (χ1v) is 7.94. The van der Waals surface area contributed by atoms with Crippen LogP contribution in [0, 0.1) is 6.92 Å². The highest BCUT2D eigenvalue weighted by atomic mass is 32.2. The minimum absolute atomic E-state index is 0.0928. The van der Waals surface area contributed by atoms with Crippen molar-refractivity contribution >= 4 is 10.0 Å². The minimum atomic E-state index is -3.56. The smallest absolute Gasteiger partial charge is 0.262 e. The van der Waals surface area contributed by atoms with Gasteiger partial charge in [0.25, 0.3) is 10.0 Å². The van der Waals surface area contributed by atoms with Crippen LogP contribution in [-0.2, 0) is 17.1 Å². The Bertz CT molecular complexity index is 718. The summed E-state index contributed by atoms with van der Waals surface area (Å²) in [5.74, 6) is 0.708. The molecule has 2 aromatic rings. The topological polar surface area (TPSA) is 83.9 Å². The lowest BCUT2D eigenvalue weighted by molar-refractivity contribution is 0.383.